The summed E-state index contributed by atoms with van der Waals surface area (Å²) in [5, 5.41) is 5.05. The Kier molecular flexibility index (Phi) is 7.26. The second-order valence-corrected chi connectivity index (χ2v) is 7.44. The van der Waals surface area contributed by atoms with Crippen LogP contribution in [0, 0.1) is 0 Å². The Labute approximate surface area is 167 Å². The number of anilines is 1. The number of carbonyl (C=O) groups is 3. The fraction of sp³-hybridized carbons (Fsp3) is 0.550. The summed E-state index contributed by atoms with van der Waals surface area (Å²) in [5.41, 5.74) is -1.73. The van der Waals surface area contributed by atoms with Gasteiger partial charge in [-0.05, 0) is 37.6 Å². The maximum Gasteiger partial charge on any atom is 0.416 e. The van der Waals surface area contributed by atoms with Gasteiger partial charge in [-0.25, -0.2) is 4.79 Å². The third-order valence-electron chi connectivity index (χ3n) is 4.92. The molecule has 0 bridgehead atoms. The maximum absolute atomic E-state index is 12.6. The second kappa shape index (κ2) is 9.28. The lowest BCUT2D eigenvalue weighted by atomic mass is 9.94. The zero-order chi connectivity index (χ0) is 21.7. The summed E-state index contributed by atoms with van der Waals surface area (Å²) in [6, 6.07) is 3.28. The lowest BCUT2D eigenvalue weighted by Gasteiger charge is -2.21. The second-order valence-electron chi connectivity index (χ2n) is 7.44. The molecule has 1 fully saturated rings. The van der Waals surface area contributed by atoms with Crippen molar-refractivity contribution in [2.45, 2.75) is 64.1 Å². The molecule has 1 heterocycles. The van der Waals surface area contributed by atoms with Crippen LogP contribution in [0.3, 0.4) is 0 Å². The van der Waals surface area contributed by atoms with E-state index in [0.29, 0.717) is 6.42 Å². The van der Waals surface area contributed by atoms with Gasteiger partial charge in [0.05, 0.1) is 5.56 Å². The van der Waals surface area contributed by atoms with Crippen molar-refractivity contribution in [3.63, 3.8) is 0 Å². The van der Waals surface area contributed by atoms with E-state index in [9.17, 15) is 27.6 Å². The molecule has 29 heavy (non-hydrogen) atoms. The van der Waals surface area contributed by atoms with E-state index < -0.39 is 41.7 Å². The molecule has 4 amide bonds. The summed E-state index contributed by atoms with van der Waals surface area (Å²) in [7, 11) is 0. The third-order valence-corrected chi connectivity index (χ3v) is 4.92. The number of imide groups is 1. The van der Waals surface area contributed by atoms with Gasteiger partial charge in [0, 0.05) is 5.69 Å². The van der Waals surface area contributed by atoms with Crippen LogP contribution in [-0.4, -0.2) is 34.8 Å². The van der Waals surface area contributed by atoms with E-state index in [1.165, 1.54) is 0 Å². The van der Waals surface area contributed by atoms with Crippen LogP contribution in [0.25, 0.3) is 0 Å². The number of nitrogens with zero attached hydrogens (tertiary/aromatic N) is 1. The van der Waals surface area contributed by atoms with Crippen molar-refractivity contribution in [3.05, 3.63) is 29.8 Å². The van der Waals surface area contributed by atoms with Gasteiger partial charge in [-0.15, -0.1) is 0 Å². The van der Waals surface area contributed by atoms with Crippen LogP contribution in [0.1, 0.15) is 57.9 Å². The Bertz CT molecular complexity index is 750. The SMILES string of the molecule is CCCCCCCC1(C)NC(=O)N(CC(=O)Nc2ccc(C(F)(F)F)cc2)C1=O. The van der Waals surface area contributed by atoms with E-state index in [0.717, 1.165) is 61.3 Å². The molecule has 1 unspecified atom stereocenters. The quantitative estimate of drug-likeness (QED) is 0.468. The van der Waals surface area contributed by atoms with Crippen LogP contribution in [-0.2, 0) is 15.8 Å². The van der Waals surface area contributed by atoms with Gasteiger partial charge in [0.2, 0.25) is 5.91 Å². The van der Waals surface area contributed by atoms with Crippen molar-refractivity contribution >= 4 is 23.5 Å². The molecule has 1 atom stereocenters. The highest BCUT2D eigenvalue weighted by atomic mass is 19.4. The molecular weight excluding hydrogens is 387 g/mol. The zero-order valence-electron chi connectivity index (χ0n) is 16.6. The number of hydrogen-bond acceptors (Lipinski definition) is 3. The summed E-state index contributed by atoms with van der Waals surface area (Å²) in [4.78, 5) is 37.8. The van der Waals surface area contributed by atoms with E-state index >= 15 is 0 Å². The minimum absolute atomic E-state index is 0.147. The number of alkyl halides is 3. The van der Waals surface area contributed by atoms with Crippen LogP contribution in [0.2, 0.25) is 0 Å². The molecule has 0 spiro atoms. The van der Waals surface area contributed by atoms with Gasteiger partial charge in [0.25, 0.3) is 5.91 Å². The molecule has 0 aliphatic carbocycles. The summed E-state index contributed by atoms with van der Waals surface area (Å²) in [6.45, 7) is 3.24. The first-order valence-electron chi connectivity index (χ1n) is 9.68. The first-order chi connectivity index (χ1) is 13.6. The Morgan fingerprint density at radius 2 is 1.72 bits per heavy atom. The largest absolute Gasteiger partial charge is 0.416 e. The minimum atomic E-state index is -4.47. The van der Waals surface area contributed by atoms with Crippen LogP contribution < -0.4 is 10.6 Å². The van der Waals surface area contributed by atoms with Crippen molar-refractivity contribution in [2.24, 2.45) is 0 Å². The first kappa shape index (κ1) is 22.7. The molecule has 0 aromatic heterocycles. The number of urea groups is 1. The Balaban J connectivity index is 1.91. The fourth-order valence-electron chi connectivity index (χ4n) is 3.23. The number of amides is 4. The summed E-state index contributed by atoms with van der Waals surface area (Å²) < 4.78 is 37.8. The molecule has 1 aliphatic rings. The van der Waals surface area contributed by atoms with E-state index in [2.05, 4.69) is 17.6 Å². The van der Waals surface area contributed by atoms with Crippen molar-refractivity contribution in [1.29, 1.82) is 0 Å². The minimum Gasteiger partial charge on any atom is -0.325 e. The van der Waals surface area contributed by atoms with Gasteiger partial charge in [0.15, 0.2) is 0 Å². The summed E-state index contributed by atoms with van der Waals surface area (Å²) in [5.74, 6) is -1.14. The van der Waals surface area contributed by atoms with Crippen LogP contribution in [0.4, 0.5) is 23.7 Å². The fourth-order valence-corrected chi connectivity index (χ4v) is 3.23. The molecule has 1 aromatic carbocycles. The van der Waals surface area contributed by atoms with Gasteiger partial charge in [-0.3, -0.25) is 14.5 Å². The van der Waals surface area contributed by atoms with Crippen molar-refractivity contribution in [1.82, 2.24) is 10.2 Å². The van der Waals surface area contributed by atoms with Crippen molar-refractivity contribution in [2.75, 3.05) is 11.9 Å². The van der Waals surface area contributed by atoms with Crippen molar-refractivity contribution in [3.8, 4) is 0 Å². The number of unbranched alkanes of at least 4 members (excludes halogenated alkanes) is 4. The highest BCUT2D eigenvalue weighted by Crippen LogP contribution is 2.30. The third kappa shape index (κ3) is 5.95. The molecular formula is C20H26F3N3O3. The Hall–Kier alpha value is -2.58. The van der Waals surface area contributed by atoms with Gasteiger partial charge in [0.1, 0.15) is 12.1 Å². The normalized spacial score (nSPS) is 19.4. The molecule has 2 rings (SSSR count). The number of nitrogens with one attached hydrogen (secondary N) is 2. The van der Waals surface area contributed by atoms with Gasteiger partial charge in [-0.2, -0.15) is 13.2 Å². The summed E-state index contributed by atoms with van der Waals surface area (Å²) in [6.07, 6.45) is 1.05. The smallest absolute Gasteiger partial charge is 0.325 e. The Morgan fingerprint density at radius 1 is 1.10 bits per heavy atom. The predicted molar refractivity (Wildman–Crippen MR) is 102 cm³/mol. The molecule has 6 nitrogen and oxygen atoms in total. The molecule has 2 N–H and O–H groups in total. The topological polar surface area (TPSA) is 78.5 Å². The molecule has 0 radical (unpaired) electrons. The molecule has 160 valence electrons. The molecule has 1 aromatic rings. The number of benzene rings is 1. The predicted octanol–water partition coefficient (Wildman–Crippen LogP) is 4.31. The molecule has 1 aliphatic heterocycles. The van der Waals surface area contributed by atoms with Gasteiger partial charge < -0.3 is 10.6 Å². The number of halogens is 3. The molecule has 1 saturated heterocycles. The highest BCUT2D eigenvalue weighted by molar-refractivity contribution is 6.09. The lowest BCUT2D eigenvalue weighted by Crippen LogP contribution is -2.44. The monoisotopic (exact) mass is 413 g/mol. The average molecular weight is 413 g/mol. The van der Waals surface area contributed by atoms with Gasteiger partial charge in [-0.1, -0.05) is 39.0 Å². The standard InChI is InChI=1S/C20H26F3N3O3/c1-3-4-5-6-7-12-19(2)17(28)26(18(29)25-19)13-16(27)24-15-10-8-14(9-11-15)20(21,22)23/h8-11H,3-7,12-13H2,1-2H3,(H,24,27)(H,25,29). The molecule has 9 heteroatoms. The Morgan fingerprint density at radius 3 is 2.31 bits per heavy atom. The van der Waals surface area contributed by atoms with Crippen LogP contribution in [0.5, 0.6) is 0 Å². The number of rotatable bonds is 9. The first-order valence-corrected chi connectivity index (χ1v) is 9.68. The number of carbonyl (C=O) groups excluding carboxylic acids is 3. The molecule has 0 saturated carbocycles. The lowest BCUT2D eigenvalue weighted by molar-refractivity contribution is -0.137. The highest BCUT2D eigenvalue weighted by Gasteiger charge is 2.47. The van der Waals surface area contributed by atoms with Crippen molar-refractivity contribution < 1.29 is 27.6 Å². The van der Waals surface area contributed by atoms with E-state index in [-0.39, 0.29) is 5.69 Å². The average Bonchev–Trinajstić information content (AvgIpc) is 2.84. The number of hydrogen-bond donors (Lipinski definition) is 2. The zero-order valence-corrected chi connectivity index (χ0v) is 16.6. The van der Waals surface area contributed by atoms with E-state index in [1.54, 1.807) is 6.92 Å². The summed E-state index contributed by atoms with van der Waals surface area (Å²) >= 11 is 0. The van der Waals surface area contributed by atoms with E-state index in [1.807, 2.05) is 0 Å². The van der Waals surface area contributed by atoms with Gasteiger partial charge >= 0.3 is 12.2 Å². The van der Waals surface area contributed by atoms with E-state index in [4.69, 9.17) is 0 Å². The van der Waals surface area contributed by atoms with Crippen LogP contribution >= 0.6 is 0 Å². The maximum atomic E-state index is 12.6. The van der Waals surface area contributed by atoms with Crippen LogP contribution in [0.15, 0.2) is 24.3 Å².